The zero-order valence-corrected chi connectivity index (χ0v) is 18.6. The van der Waals surface area contributed by atoms with E-state index in [0.29, 0.717) is 22.5 Å². The number of ether oxygens (including phenoxy) is 1. The maximum Gasteiger partial charge on any atom is 0.416 e. The summed E-state index contributed by atoms with van der Waals surface area (Å²) in [5.41, 5.74) is -0.529. The Bertz CT molecular complexity index is 1090. The van der Waals surface area contributed by atoms with E-state index in [0.717, 1.165) is 22.5 Å². The number of benzene rings is 2. The van der Waals surface area contributed by atoms with E-state index in [-0.39, 0.29) is 38.6 Å². The summed E-state index contributed by atoms with van der Waals surface area (Å²) in [5.74, 6) is 0.170. The Morgan fingerprint density at radius 1 is 1.12 bits per heavy atom. The molecule has 0 aromatic heterocycles. The first-order valence-corrected chi connectivity index (χ1v) is 11.4. The minimum Gasteiger partial charge on any atom is -0.495 e. The van der Waals surface area contributed by atoms with Crippen molar-refractivity contribution >= 4 is 33.2 Å². The molecule has 2 aromatic rings. The van der Waals surface area contributed by atoms with Crippen LogP contribution in [0.1, 0.15) is 5.56 Å². The molecule has 1 N–H and O–H groups in total. The molecule has 0 atom stereocenters. The third-order valence-corrected chi connectivity index (χ3v) is 7.12. The Hall–Kier alpha value is -2.34. The van der Waals surface area contributed by atoms with Gasteiger partial charge in [0.15, 0.2) is 0 Å². The molecule has 0 bridgehead atoms. The minimum atomic E-state index is -4.63. The van der Waals surface area contributed by atoms with Crippen molar-refractivity contribution in [2.45, 2.75) is 11.1 Å². The number of amides is 1. The summed E-state index contributed by atoms with van der Waals surface area (Å²) >= 11 is 6.04. The molecule has 1 heterocycles. The van der Waals surface area contributed by atoms with Crippen molar-refractivity contribution in [3.63, 3.8) is 0 Å². The van der Waals surface area contributed by atoms with Gasteiger partial charge in [-0.25, -0.2) is 8.42 Å². The fraction of sp³-hybridized carbons (Fsp3) is 0.350. The fourth-order valence-corrected chi connectivity index (χ4v) is 4.98. The number of nitrogens with one attached hydrogen (secondary N) is 1. The number of nitrogens with zero attached hydrogens (tertiary/aromatic N) is 2. The standard InChI is InChI=1S/C20H21ClF3N3O4S/c1-31-18-6-5-15(12-17(18)21)25-19(28)13-26-7-9-27(10-8-26)32(29,30)16-4-2-3-14(11-16)20(22,23)24/h2-6,11-12H,7-10,13H2,1H3,(H,25,28). The summed E-state index contributed by atoms with van der Waals surface area (Å²) in [4.78, 5) is 13.7. The summed E-state index contributed by atoms with van der Waals surface area (Å²) in [6, 6.07) is 8.49. The highest BCUT2D eigenvalue weighted by Gasteiger charge is 2.34. The van der Waals surface area contributed by atoms with Gasteiger partial charge in [-0.3, -0.25) is 9.69 Å². The molecular formula is C20H21ClF3N3O4S. The van der Waals surface area contributed by atoms with Gasteiger partial charge in [0.25, 0.3) is 0 Å². The molecule has 1 fully saturated rings. The van der Waals surface area contributed by atoms with E-state index in [2.05, 4.69) is 5.32 Å². The number of hydrogen-bond donors (Lipinski definition) is 1. The molecular weight excluding hydrogens is 471 g/mol. The van der Waals surface area contributed by atoms with E-state index in [4.69, 9.17) is 16.3 Å². The number of sulfonamides is 1. The van der Waals surface area contributed by atoms with E-state index in [1.807, 2.05) is 0 Å². The van der Waals surface area contributed by atoms with Crippen molar-refractivity contribution in [2.24, 2.45) is 0 Å². The van der Waals surface area contributed by atoms with Gasteiger partial charge in [-0.2, -0.15) is 17.5 Å². The summed E-state index contributed by atoms with van der Waals surface area (Å²) in [5, 5.41) is 3.06. The molecule has 7 nitrogen and oxygen atoms in total. The van der Waals surface area contributed by atoms with Crippen LogP contribution >= 0.6 is 11.6 Å². The zero-order valence-electron chi connectivity index (χ0n) is 17.0. The Balaban J connectivity index is 1.57. The summed E-state index contributed by atoms with van der Waals surface area (Å²) in [6.07, 6.45) is -4.63. The van der Waals surface area contributed by atoms with Crippen LogP contribution in [0.25, 0.3) is 0 Å². The number of carbonyl (C=O) groups excluding carboxylic acids is 1. The van der Waals surface area contributed by atoms with Crippen LogP contribution in [0.5, 0.6) is 5.75 Å². The Labute approximate surface area is 188 Å². The normalized spacial score (nSPS) is 16.0. The van der Waals surface area contributed by atoms with Crippen LogP contribution < -0.4 is 10.1 Å². The molecule has 12 heteroatoms. The highest BCUT2D eigenvalue weighted by atomic mass is 35.5. The third-order valence-electron chi connectivity index (χ3n) is 4.93. The molecule has 32 heavy (non-hydrogen) atoms. The quantitative estimate of drug-likeness (QED) is 0.670. The second-order valence-corrected chi connectivity index (χ2v) is 9.45. The Morgan fingerprint density at radius 3 is 2.41 bits per heavy atom. The summed E-state index contributed by atoms with van der Waals surface area (Å²) < 4.78 is 70.5. The number of carbonyl (C=O) groups is 1. The number of piperazine rings is 1. The van der Waals surface area contributed by atoms with Crippen LogP contribution in [0.3, 0.4) is 0 Å². The SMILES string of the molecule is COc1ccc(NC(=O)CN2CCN(S(=O)(=O)c3cccc(C(F)(F)F)c3)CC2)cc1Cl. The van der Waals surface area contributed by atoms with Crippen molar-refractivity contribution in [2.75, 3.05) is 45.2 Å². The van der Waals surface area contributed by atoms with Gasteiger partial charge in [0.1, 0.15) is 5.75 Å². The smallest absolute Gasteiger partial charge is 0.416 e. The van der Waals surface area contributed by atoms with Crippen molar-refractivity contribution < 1.29 is 31.1 Å². The first kappa shape index (κ1) is 24.3. The molecule has 0 radical (unpaired) electrons. The van der Waals surface area contributed by atoms with Crippen molar-refractivity contribution in [3.8, 4) is 5.75 Å². The van der Waals surface area contributed by atoms with Gasteiger partial charge in [-0.05, 0) is 36.4 Å². The minimum absolute atomic E-state index is 0.0289. The van der Waals surface area contributed by atoms with Crippen LogP contribution in [0, 0.1) is 0 Å². The lowest BCUT2D eigenvalue weighted by Gasteiger charge is -2.33. The molecule has 3 rings (SSSR count). The summed E-state index contributed by atoms with van der Waals surface area (Å²) in [7, 11) is -2.60. The largest absolute Gasteiger partial charge is 0.495 e. The molecule has 0 aliphatic carbocycles. The monoisotopic (exact) mass is 491 g/mol. The highest BCUT2D eigenvalue weighted by molar-refractivity contribution is 7.89. The molecule has 1 aliphatic rings. The van der Waals surface area contributed by atoms with Crippen molar-refractivity contribution in [1.82, 2.24) is 9.21 Å². The second-order valence-electron chi connectivity index (χ2n) is 7.10. The van der Waals surface area contributed by atoms with Gasteiger partial charge < -0.3 is 10.1 Å². The number of rotatable bonds is 6. The van der Waals surface area contributed by atoms with Gasteiger partial charge in [-0.15, -0.1) is 0 Å². The van der Waals surface area contributed by atoms with E-state index in [1.54, 1.807) is 23.1 Å². The Kier molecular flexibility index (Phi) is 7.33. The van der Waals surface area contributed by atoms with E-state index >= 15 is 0 Å². The molecule has 0 saturated carbocycles. The molecule has 1 aliphatic heterocycles. The van der Waals surface area contributed by atoms with Crippen LogP contribution in [0.15, 0.2) is 47.4 Å². The molecule has 1 amide bonds. The lowest BCUT2D eigenvalue weighted by atomic mass is 10.2. The van der Waals surface area contributed by atoms with Gasteiger partial charge in [0.2, 0.25) is 15.9 Å². The first-order valence-electron chi connectivity index (χ1n) is 9.54. The topological polar surface area (TPSA) is 79.0 Å². The lowest BCUT2D eigenvalue weighted by molar-refractivity contribution is -0.137. The van der Waals surface area contributed by atoms with Crippen LogP contribution in [-0.4, -0.2) is 63.4 Å². The molecule has 0 unspecified atom stereocenters. The van der Waals surface area contributed by atoms with E-state index in [1.165, 1.54) is 7.11 Å². The maximum absolute atomic E-state index is 12.9. The van der Waals surface area contributed by atoms with Crippen molar-refractivity contribution in [1.29, 1.82) is 0 Å². The predicted molar refractivity (Wildman–Crippen MR) is 113 cm³/mol. The third kappa shape index (κ3) is 5.71. The summed E-state index contributed by atoms with van der Waals surface area (Å²) in [6.45, 7) is 0.658. The number of methoxy groups -OCH3 is 1. The fourth-order valence-electron chi connectivity index (χ4n) is 3.26. The predicted octanol–water partition coefficient (Wildman–Crippen LogP) is 3.31. The molecule has 174 valence electrons. The van der Waals surface area contributed by atoms with Gasteiger partial charge in [0.05, 0.1) is 29.1 Å². The van der Waals surface area contributed by atoms with Crippen LogP contribution in [0.4, 0.5) is 18.9 Å². The highest BCUT2D eigenvalue weighted by Crippen LogP contribution is 2.31. The average molecular weight is 492 g/mol. The van der Waals surface area contributed by atoms with Crippen LogP contribution in [0.2, 0.25) is 5.02 Å². The number of hydrogen-bond acceptors (Lipinski definition) is 5. The lowest BCUT2D eigenvalue weighted by Crippen LogP contribution is -2.50. The Morgan fingerprint density at radius 2 is 1.81 bits per heavy atom. The van der Waals surface area contributed by atoms with Gasteiger partial charge in [-0.1, -0.05) is 17.7 Å². The molecule has 2 aromatic carbocycles. The van der Waals surface area contributed by atoms with Crippen molar-refractivity contribution in [3.05, 3.63) is 53.1 Å². The second kappa shape index (κ2) is 9.65. The van der Waals surface area contributed by atoms with E-state index in [9.17, 15) is 26.4 Å². The molecule has 1 saturated heterocycles. The average Bonchev–Trinajstić information content (AvgIpc) is 2.74. The number of halogens is 4. The van der Waals surface area contributed by atoms with Gasteiger partial charge in [0, 0.05) is 31.9 Å². The maximum atomic E-state index is 12.9. The van der Waals surface area contributed by atoms with Gasteiger partial charge >= 0.3 is 6.18 Å². The molecule has 0 spiro atoms. The number of alkyl halides is 3. The number of anilines is 1. The van der Waals surface area contributed by atoms with Crippen LogP contribution in [-0.2, 0) is 21.0 Å². The zero-order chi connectivity index (χ0) is 23.5. The first-order chi connectivity index (χ1) is 15.0. The van der Waals surface area contributed by atoms with E-state index < -0.39 is 26.7 Å².